The van der Waals surface area contributed by atoms with E-state index in [1.54, 1.807) is 24.3 Å². The molecule has 1 heterocycles. The third-order valence-electron chi connectivity index (χ3n) is 4.03. The van der Waals surface area contributed by atoms with Gasteiger partial charge in [0.15, 0.2) is 0 Å². The normalized spacial score (nSPS) is 17.1. The van der Waals surface area contributed by atoms with E-state index in [-0.39, 0.29) is 11.9 Å². The number of sulfonamides is 1. The van der Waals surface area contributed by atoms with Crippen LogP contribution in [0.2, 0.25) is 0 Å². The van der Waals surface area contributed by atoms with E-state index in [9.17, 15) is 13.2 Å². The number of nitrogens with zero attached hydrogens (tertiary/aromatic N) is 1. The van der Waals surface area contributed by atoms with E-state index in [1.807, 2.05) is 6.92 Å². The number of amides is 1. The summed E-state index contributed by atoms with van der Waals surface area (Å²) < 4.78 is 26.4. The number of aryl methyl sites for hydroxylation is 1. The lowest BCUT2D eigenvalue weighted by Crippen LogP contribution is -2.37. The molecule has 1 aromatic rings. The van der Waals surface area contributed by atoms with Crippen LogP contribution in [0.5, 0.6) is 0 Å². The van der Waals surface area contributed by atoms with Crippen molar-refractivity contribution in [2.45, 2.75) is 43.5 Å². The molecule has 1 aliphatic heterocycles. The van der Waals surface area contributed by atoms with Crippen LogP contribution in [-0.2, 0) is 21.2 Å². The molecule has 7 heteroatoms. The minimum absolute atomic E-state index is 0.0320. The molecule has 0 radical (unpaired) electrons. The van der Waals surface area contributed by atoms with E-state index >= 15 is 0 Å². The molecule has 0 aromatic heterocycles. The van der Waals surface area contributed by atoms with E-state index in [1.165, 1.54) is 4.31 Å². The van der Waals surface area contributed by atoms with E-state index in [2.05, 4.69) is 5.32 Å². The number of carbonyl (C=O) groups excluding carboxylic acids is 1. The van der Waals surface area contributed by atoms with Crippen molar-refractivity contribution in [2.24, 2.45) is 5.73 Å². The lowest BCUT2D eigenvalue weighted by atomic mass is 10.1. The first-order chi connectivity index (χ1) is 10.9. The van der Waals surface area contributed by atoms with Crippen molar-refractivity contribution in [2.75, 3.05) is 19.6 Å². The second kappa shape index (κ2) is 7.90. The van der Waals surface area contributed by atoms with Crippen LogP contribution < -0.4 is 11.1 Å². The van der Waals surface area contributed by atoms with E-state index in [0.29, 0.717) is 37.4 Å². The molecule has 2 rings (SSSR count). The SMILES string of the molecule is C[C@@H](CN)NC(=O)CCc1ccc(S(=O)(=O)N2CCCC2)cc1. The Labute approximate surface area is 138 Å². The molecule has 3 N–H and O–H groups in total. The Hall–Kier alpha value is -1.44. The van der Waals surface area contributed by atoms with Gasteiger partial charge in [-0.15, -0.1) is 0 Å². The molecular formula is C16H25N3O3S. The number of nitrogens with one attached hydrogen (secondary N) is 1. The van der Waals surface area contributed by atoms with E-state index < -0.39 is 10.0 Å². The zero-order valence-electron chi connectivity index (χ0n) is 13.5. The number of carbonyl (C=O) groups is 1. The first kappa shape index (κ1) is 17.9. The molecule has 1 atom stereocenters. The number of rotatable bonds is 7. The van der Waals surface area contributed by atoms with Gasteiger partial charge in [0.05, 0.1) is 4.90 Å². The second-order valence-electron chi connectivity index (χ2n) is 5.96. The lowest BCUT2D eigenvalue weighted by molar-refractivity contribution is -0.121. The van der Waals surface area contributed by atoms with Crippen molar-refractivity contribution < 1.29 is 13.2 Å². The van der Waals surface area contributed by atoms with Gasteiger partial charge in [-0.1, -0.05) is 12.1 Å². The highest BCUT2D eigenvalue weighted by Crippen LogP contribution is 2.21. The zero-order valence-corrected chi connectivity index (χ0v) is 14.3. The third kappa shape index (κ3) is 4.76. The molecule has 0 saturated carbocycles. The van der Waals surface area contributed by atoms with Gasteiger partial charge in [-0.3, -0.25) is 4.79 Å². The first-order valence-corrected chi connectivity index (χ1v) is 9.46. The third-order valence-corrected chi connectivity index (χ3v) is 5.94. The van der Waals surface area contributed by atoms with Crippen LogP contribution in [0, 0.1) is 0 Å². The van der Waals surface area contributed by atoms with E-state index in [4.69, 9.17) is 5.73 Å². The Balaban J connectivity index is 1.93. The fourth-order valence-corrected chi connectivity index (χ4v) is 4.09. The smallest absolute Gasteiger partial charge is 0.243 e. The fourth-order valence-electron chi connectivity index (χ4n) is 2.57. The molecule has 1 fully saturated rings. The summed E-state index contributed by atoms with van der Waals surface area (Å²) in [5.41, 5.74) is 6.41. The highest BCUT2D eigenvalue weighted by molar-refractivity contribution is 7.89. The van der Waals surface area contributed by atoms with Gasteiger partial charge in [-0.25, -0.2) is 8.42 Å². The summed E-state index contributed by atoms with van der Waals surface area (Å²) in [6, 6.07) is 6.79. The predicted molar refractivity (Wildman–Crippen MR) is 89.4 cm³/mol. The summed E-state index contributed by atoms with van der Waals surface area (Å²) >= 11 is 0. The molecule has 0 unspecified atom stereocenters. The minimum Gasteiger partial charge on any atom is -0.352 e. The monoisotopic (exact) mass is 339 g/mol. The highest BCUT2D eigenvalue weighted by Gasteiger charge is 2.26. The Morgan fingerprint density at radius 3 is 2.43 bits per heavy atom. The van der Waals surface area contributed by atoms with Gasteiger partial charge in [0.1, 0.15) is 0 Å². The van der Waals surface area contributed by atoms with Gasteiger partial charge in [-0.2, -0.15) is 4.31 Å². The molecule has 23 heavy (non-hydrogen) atoms. The van der Waals surface area contributed by atoms with Gasteiger partial charge in [0, 0.05) is 32.1 Å². The van der Waals surface area contributed by atoms with Crippen molar-refractivity contribution in [3.8, 4) is 0 Å². The summed E-state index contributed by atoms with van der Waals surface area (Å²) in [5.74, 6) is -0.0447. The van der Waals surface area contributed by atoms with Crippen LogP contribution in [0.25, 0.3) is 0 Å². The molecule has 1 saturated heterocycles. The molecule has 0 bridgehead atoms. The molecule has 1 aromatic carbocycles. The highest BCUT2D eigenvalue weighted by atomic mass is 32.2. The van der Waals surface area contributed by atoms with Gasteiger partial charge in [0.2, 0.25) is 15.9 Å². The van der Waals surface area contributed by atoms with Crippen molar-refractivity contribution in [3.05, 3.63) is 29.8 Å². The second-order valence-corrected chi connectivity index (χ2v) is 7.90. The molecular weight excluding hydrogens is 314 g/mol. The quantitative estimate of drug-likeness (QED) is 0.771. The van der Waals surface area contributed by atoms with Crippen LogP contribution in [0.4, 0.5) is 0 Å². The van der Waals surface area contributed by atoms with Crippen molar-refractivity contribution in [1.29, 1.82) is 0 Å². The van der Waals surface area contributed by atoms with Crippen LogP contribution in [0.15, 0.2) is 29.2 Å². The maximum atomic E-state index is 12.4. The van der Waals surface area contributed by atoms with Crippen molar-refractivity contribution in [3.63, 3.8) is 0 Å². The standard InChI is InChI=1S/C16H25N3O3S/c1-13(12-17)18-16(20)9-6-14-4-7-15(8-5-14)23(21,22)19-10-2-3-11-19/h4-5,7-8,13H,2-3,6,9-12,17H2,1H3,(H,18,20)/t13-/m0/s1. The number of hydrogen-bond donors (Lipinski definition) is 2. The fraction of sp³-hybridized carbons (Fsp3) is 0.562. The molecule has 6 nitrogen and oxygen atoms in total. The zero-order chi connectivity index (χ0) is 16.9. The van der Waals surface area contributed by atoms with E-state index in [0.717, 1.165) is 18.4 Å². The Bertz CT molecular complexity index is 622. The summed E-state index contributed by atoms with van der Waals surface area (Å²) in [4.78, 5) is 12.0. The lowest BCUT2D eigenvalue weighted by Gasteiger charge is -2.15. The summed E-state index contributed by atoms with van der Waals surface area (Å²) in [6.45, 7) is 3.47. The number of nitrogens with two attached hydrogens (primary N) is 1. The molecule has 128 valence electrons. The topological polar surface area (TPSA) is 92.5 Å². The van der Waals surface area contributed by atoms with Crippen LogP contribution in [0.1, 0.15) is 31.7 Å². The predicted octanol–water partition coefficient (Wildman–Crippen LogP) is 0.867. The average molecular weight is 339 g/mol. The van der Waals surface area contributed by atoms with Crippen LogP contribution in [-0.4, -0.2) is 44.3 Å². The minimum atomic E-state index is -3.37. The maximum absolute atomic E-state index is 12.4. The van der Waals surface area contributed by atoms with Gasteiger partial charge >= 0.3 is 0 Å². The average Bonchev–Trinajstić information content (AvgIpc) is 3.08. The van der Waals surface area contributed by atoms with Crippen LogP contribution >= 0.6 is 0 Å². The molecule has 0 aliphatic carbocycles. The summed E-state index contributed by atoms with van der Waals surface area (Å²) in [5, 5.41) is 2.81. The van der Waals surface area contributed by atoms with Crippen LogP contribution in [0.3, 0.4) is 0 Å². The Kier molecular flexibility index (Phi) is 6.15. The molecule has 0 spiro atoms. The van der Waals surface area contributed by atoms with Gasteiger partial charge in [-0.05, 0) is 43.9 Å². The summed E-state index contributed by atoms with van der Waals surface area (Å²) in [6.07, 6.45) is 2.79. The van der Waals surface area contributed by atoms with Crippen molar-refractivity contribution in [1.82, 2.24) is 9.62 Å². The number of hydrogen-bond acceptors (Lipinski definition) is 4. The number of benzene rings is 1. The maximum Gasteiger partial charge on any atom is 0.243 e. The van der Waals surface area contributed by atoms with Gasteiger partial charge < -0.3 is 11.1 Å². The van der Waals surface area contributed by atoms with Crippen molar-refractivity contribution >= 4 is 15.9 Å². The van der Waals surface area contributed by atoms with Gasteiger partial charge in [0.25, 0.3) is 0 Å². The Morgan fingerprint density at radius 1 is 1.26 bits per heavy atom. The largest absolute Gasteiger partial charge is 0.352 e. The molecule has 1 aliphatic rings. The summed E-state index contributed by atoms with van der Waals surface area (Å²) in [7, 11) is -3.37. The molecule has 1 amide bonds. The first-order valence-electron chi connectivity index (χ1n) is 8.02. The Morgan fingerprint density at radius 2 is 1.87 bits per heavy atom.